The molecule has 0 amide bonds. The average molecular weight is 298 g/mol. The minimum absolute atomic E-state index is 0. The number of nitrogens with one attached hydrogen (secondary N) is 1. The van der Waals surface area contributed by atoms with E-state index in [-0.39, 0.29) is 18.2 Å². The highest BCUT2D eigenvalue weighted by atomic mass is 35.5. The molecule has 0 bridgehead atoms. The summed E-state index contributed by atoms with van der Waals surface area (Å²) in [5, 5.41) is 17.0. The smallest absolute Gasteiger partial charge is 0.172 e. The lowest BCUT2D eigenvalue weighted by Crippen LogP contribution is -2.29. The highest BCUT2D eigenvalue weighted by Crippen LogP contribution is 2.29. The van der Waals surface area contributed by atoms with Gasteiger partial charge < -0.3 is 10.4 Å². The number of phenolic OH excluding ortho intramolecular Hbond substituents is 1. The van der Waals surface area contributed by atoms with Gasteiger partial charge in [0.15, 0.2) is 11.6 Å². The van der Waals surface area contributed by atoms with Crippen molar-refractivity contribution < 1.29 is 9.50 Å². The summed E-state index contributed by atoms with van der Waals surface area (Å²) in [5.74, 6) is -0.917. The minimum Gasteiger partial charge on any atom is -0.505 e. The molecule has 1 aliphatic heterocycles. The second-order valence-corrected chi connectivity index (χ2v) is 4.83. The number of benzene rings is 1. The molecule has 1 saturated heterocycles. The Labute approximate surface area is 123 Å². The highest BCUT2D eigenvalue weighted by Gasteiger charge is 2.17. The molecule has 0 spiro atoms. The van der Waals surface area contributed by atoms with Gasteiger partial charge in [-0.05, 0) is 32.0 Å². The van der Waals surface area contributed by atoms with E-state index >= 15 is 0 Å². The fourth-order valence-corrected chi connectivity index (χ4v) is 2.49. The number of phenols is 1. The first-order valence-electron chi connectivity index (χ1n) is 6.48. The number of nitrogens with zero attached hydrogens (tertiary/aromatic N) is 2. The molecule has 0 atom stereocenters. The second-order valence-electron chi connectivity index (χ2n) is 4.83. The summed E-state index contributed by atoms with van der Waals surface area (Å²) in [6.45, 7) is 1.97. The van der Waals surface area contributed by atoms with E-state index in [9.17, 15) is 9.50 Å². The van der Waals surface area contributed by atoms with E-state index in [1.54, 1.807) is 18.3 Å². The van der Waals surface area contributed by atoms with Crippen LogP contribution in [0.5, 0.6) is 5.75 Å². The lowest BCUT2D eigenvalue weighted by atomic mass is 10.1. The van der Waals surface area contributed by atoms with Crippen molar-refractivity contribution in [2.75, 3.05) is 13.1 Å². The Kier molecular flexibility index (Phi) is 4.62. The van der Waals surface area contributed by atoms with E-state index in [0.29, 0.717) is 17.2 Å². The Morgan fingerprint density at radius 1 is 1.30 bits per heavy atom. The predicted octanol–water partition coefficient (Wildman–Crippen LogP) is 2.74. The van der Waals surface area contributed by atoms with Crippen LogP contribution in [0.3, 0.4) is 0 Å². The van der Waals surface area contributed by atoms with Crippen molar-refractivity contribution in [2.45, 2.75) is 18.9 Å². The predicted molar refractivity (Wildman–Crippen MR) is 77.7 cm³/mol. The van der Waals surface area contributed by atoms with Gasteiger partial charge >= 0.3 is 0 Å². The third kappa shape index (κ3) is 2.78. The van der Waals surface area contributed by atoms with Gasteiger partial charge in [0, 0.05) is 17.3 Å². The van der Waals surface area contributed by atoms with Crippen LogP contribution in [0.4, 0.5) is 4.39 Å². The van der Waals surface area contributed by atoms with E-state index in [2.05, 4.69) is 10.4 Å². The maximum atomic E-state index is 13.8. The summed E-state index contributed by atoms with van der Waals surface area (Å²) >= 11 is 0. The van der Waals surface area contributed by atoms with Crippen LogP contribution in [0.15, 0.2) is 30.6 Å². The molecular formula is C14H17ClFN3O. The van der Waals surface area contributed by atoms with Crippen LogP contribution in [0.25, 0.3) is 11.1 Å². The topological polar surface area (TPSA) is 50.1 Å². The van der Waals surface area contributed by atoms with Crippen LogP contribution >= 0.6 is 12.4 Å². The number of hydrogen-bond donors (Lipinski definition) is 2. The summed E-state index contributed by atoms with van der Waals surface area (Å²) in [4.78, 5) is 0. The first-order valence-corrected chi connectivity index (χ1v) is 6.48. The summed E-state index contributed by atoms with van der Waals surface area (Å²) in [5.41, 5.74) is 1.09. The molecule has 108 valence electrons. The molecule has 6 heteroatoms. The molecule has 1 aromatic carbocycles. The van der Waals surface area contributed by atoms with Gasteiger partial charge in [0.1, 0.15) is 0 Å². The highest BCUT2D eigenvalue weighted by molar-refractivity contribution is 5.85. The zero-order valence-electron chi connectivity index (χ0n) is 10.9. The van der Waals surface area contributed by atoms with Crippen LogP contribution in [-0.2, 0) is 0 Å². The number of halogens is 2. The van der Waals surface area contributed by atoms with E-state index in [0.717, 1.165) is 25.9 Å². The Morgan fingerprint density at radius 2 is 2.05 bits per heavy atom. The van der Waals surface area contributed by atoms with Gasteiger partial charge in [-0.15, -0.1) is 12.4 Å². The van der Waals surface area contributed by atoms with Crippen molar-refractivity contribution in [3.05, 3.63) is 36.4 Å². The van der Waals surface area contributed by atoms with Crippen LogP contribution < -0.4 is 5.32 Å². The minimum atomic E-state index is -0.590. The van der Waals surface area contributed by atoms with Gasteiger partial charge in [-0.25, -0.2) is 4.39 Å². The summed E-state index contributed by atoms with van der Waals surface area (Å²) < 4.78 is 15.7. The monoisotopic (exact) mass is 297 g/mol. The molecule has 0 unspecified atom stereocenters. The zero-order chi connectivity index (χ0) is 13.2. The third-order valence-electron chi connectivity index (χ3n) is 3.57. The Balaban J connectivity index is 0.00000147. The number of piperidine rings is 1. The number of rotatable bonds is 2. The molecule has 1 aliphatic rings. The van der Waals surface area contributed by atoms with Gasteiger partial charge in [0.2, 0.25) is 0 Å². The molecule has 0 aliphatic carbocycles. The molecule has 2 heterocycles. The van der Waals surface area contributed by atoms with E-state index in [4.69, 9.17) is 0 Å². The standard InChI is InChI=1S/C14H16FN3O.ClH/c15-14-12(2-1-3-13(14)19)10-8-17-18(9-10)11-4-6-16-7-5-11;/h1-3,8-9,11,16,19H,4-7H2;1H. The summed E-state index contributed by atoms with van der Waals surface area (Å²) in [6, 6.07) is 5.00. The Morgan fingerprint density at radius 3 is 2.80 bits per heavy atom. The number of hydrogen-bond acceptors (Lipinski definition) is 3. The maximum absolute atomic E-state index is 13.8. The van der Waals surface area contributed by atoms with Crippen molar-refractivity contribution in [1.29, 1.82) is 0 Å². The Bertz CT molecular complexity index is 582. The molecule has 1 fully saturated rings. The van der Waals surface area contributed by atoms with E-state index < -0.39 is 5.82 Å². The largest absolute Gasteiger partial charge is 0.505 e. The third-order valence-corrected chi connectivity index (χ3v) is 3.57. The van der Waals surface area contributed by atoms with Gasteiger partial charge in [-0.3, -0.25) is 4.68 Å². The van der Waals surface area contributed by atoms with Crippen LogP contribution in [0, 0.1) is 5.82 Å². The lowest BCUT2D eigenvalue weighted by Gasteiger charge is -2.22. The van der Waals surface area contributed by atoms with Crippen LogP contribution in [0.2, 0.25) is 0 Å². The molecule has 2 aromatic rings. The molecular weight excluding hydrogens is 281 g/mol. The zero-order valence-corrected chi connectivity index (χ0v) is 11.7. The first kappa shape index (κ1) is 14.8. The van der Waals surface area contributed by atoms with Gasteiger partial charge in [-0.2, -0.15) is 5.10 Å². The molecule has 1 aromatic heterocycles. The van der Waals surface area contributed by atoms with E-state index in [1.807, 2.05) is 10.9 Å². The van der Waals surface area contributed by atoms with E-state index in [1.165, 1.54) is 6.07 Å². The molecule has 0 saturated carbocycles. The number of aromatic hydroxyl groups is 1. The molecule has 4 nitrogen and oxygen atoms in total. The van der Waals surface area contributed by atoms with Crippen molar-refractivity contribution in [1.82, 2.24) is 15.1 Å². The molecule has 0 radical (unpaired) electrons. The molecule has 3 rings (SSSR count). The number of aromatic nitrogens is 2. The molecule has 2 N–H and O–H groups in total. The van der Waals surface area contributed by atoms with Crippen LogP contribution in [0.1, 0.15) is 18.9 Å². The summed E-state index contributed by atoms with van der Waals surface area (Å²) in [7, 11) is 0. The van der Waals surface area contributed by atoms with Crippen molar-refractivity contribution >= 4 is 12.4 Å². The first-order chi connectivity index (χ1) is 9.25. The lowest BCUT2D eigenvalue weighted by molar-refractivity contribution is 0.343. The Hall–Kier alpha value is -1.59. The quantitative estimate of drug-likeness (QED) is 0.896. The summed E-state index contributed by atoms with van der Waals surface area (Å²) in [6.07, 6.45) is 5.57. The van der Waals surface area contributed by atoms with Crippen molar-refractivity contribution in [2.24, 2.45) is 0 Å². The van der Waals surface area contributed by atoms with Crippen molar-refractivity contribution in [3.63, 3.8) is 0 Å². The van der Waals surface area contributed by atoms with Gasteiger partial charge in [0.25, 0.3) is 0 Å². The SMILES string of the molecule is Cl.Oc1cccc(-c2cnn(C3CCNCC3)c2)c1F. The second kappa shape index (κ2) is 6.24. The maximum Gasteiger partial charge on any atom is 0.172 e. The average Bonchev–Trinajstić information content (AvgIpc) is 2.92. The fraction of sp³-hybridized carbons (Fsp3) is 0.357. The van der Waals surface area contributed by atoms with Crippen LogP contribution in [-0.4, -0.2) is 28.0 Å². The normalized spacial score (nSPS) is 15.8. The van der Waals surface area contributed by atoms with Gasteiger partial charge in [0.05, 0.1) is 12.2 Å². The van der Waals surface area contributed by atoms with Crippen molar-refractivity contribution in [3.8, 4) is 16.9 Å². The molecule has 20 heavy (non-hydrogen) atoms. The van der Waals surface area contributed by atoms with Gasteiger partial charge in [-0.1, -0.05) is 12.1 Å². The fourth-order valence-electron chi connectivity index (χ4n) is 2.49.